The van der Waals surface area contributed by atoms with Crippen LogP contribution < -0.4 is 0 Å². The molecule has 0 aromatic carbocycles. The smallest absolute Gasteiger partial charge is 0.226 e. The number of hydrogen-bond donors (Lipinski definition) is 0. The third kappa shape index (κ3) is 2.99. The van der Waals surface area contributed by atoms with Crippen molar-refractivity contribution in [3.05, 3.63) is 11.7 Å². The molecule has 0 spiro atoms. The molecule has 74 valence electrons. The van der Waals surface area contributed by atoms with Crippen LogP contribution in [0.4, 0.5) is 0 Å². The fourth-order valence-corrected chi connectivity index (χ4v) is 1.01. The van der Waals surface area contributed by atoms with Gasteiger partial charge in [0.15, 0.2) is 5.82 Å². The Hall–Kier alpha value is -0.570. The molecule has 0 fully saturated rings. The molecule has 0 unspecified atom stereocenters. The van der Waals surface area contributed by atoms with E-state index in [9.17, 15) is 0 Å². The second-order valence-corrected chi connectivity index (χ2v) is 4.43. The molecular weight excluding hydrogens is 188 g/mol. The lowest BCUT2D eigenvalue weighted by molar-refractivity contribution is 0.362. The summed E-state index contributed by atoms with van der Waals surface area (Å²) in [4.78, 5) is 4.28. The Kier molecular flexibility index (Phi) is 3.31. The number of aryl methyl sites for hydroxylation is 1. The van der Waals surface area contributed by atoms with Crippen molar-refractivity contribution in [2.24, 2.45) is 0 Å². The lowest BCUT2D eigenvalue weighted by Gasteiger charge is -2.10. The molecular formula is C9H15ClN2O. The standard InChI is InChI=1S/C9H15ClN2O/c1-9(2,3)8-11-7(13-12-8)5-4-6-10/h4-6H2,1-3H3. The molecule has 0 N–H and O–H groups in total. The zero-order chi connectivity index (χ0) is 9.90. The molecule has 0 saturated heterocycles. The second kappa shape index (κ2) is 4.09. The highest BCUT2D eigenvalue weighted by Gasteiger charge is 2.20. The van der Waals surface area contributed by atoms with Gasteiger partial charge in [0.1, 0.15) is 0 Å². The minimum Gasteiger partial charge on any atom is -0.339 e. The number of hydrogen-bond acceptors (Lipinski definition) is 3. The molecule has 1 aromatic rings. The summed E-state index contributed by atoms with van der Waals surface area (Å²) in [6, 6.07) is 0. The number of aromatic nitrogens is 2. The van der Waals surface area contributed by atoms with Crippen LogP contribution in [0.2, 0.25) is 0 Å². The Morgan fingerprint density at radius 1 is 1.38 bits per heavy atom. The van der Waals surface area contributed by atoms with E-state index < -0.39 is 0 Å². The maximum Gasteiger partial charge on any atom is 0.226 e. The first kappa shape index (κ1) is 10.5. The minimum atomic E-state index is -0.0390. The minimum absolute atomic E-state index is 0.0390. The van der Waals surface area contributed by atoms with Crippen LogP contribution in [0.15, 0.2) is 4.52 Å². The first-order chi connectivity index (χ1) is 6.04. The van der Waals surface area contributed by atoms with Crippen LogP contribution in [0, 0.1) is 0 Å². The van der Waals surface area contributed by atoms with E-state index in [-0.39, 0.29) is 5.41 Å². The molecule has 1 rings (SSSR count). The van der Waals surface area contributed by atoms with Gasteiger partial charge in [0.25, 0.3) is 0 Å². The molecule has 4 heteroatoms. The topological polar surface area (TPSA) is 38.9 Å². The molecule has 0 saturated carbocycles. The van der Waals surface area contributed by atoms with Gasteiger partial charge in [-0.3, -0.25) is 0 Å². The third-order valence-electron chi connectivity index (χ3n) is 1.66. The van der Waals surface area contributed by atoms with Gasteiger partial charge >= 0.3 is 0 Å². The van der Waals surface area contributed by atoms with E-state index in [1.165, 1.54) is 0 Å². The maximum atomic E-state index is 5.56. The first-order valence-corrected chi connectivity index (χ1v) is 4.96. The lowest BCUT2D eigenvalue weighted by Crippen LogP contribution is -2.13. The van der Waals surface area contributed by atoms with Crippen molar-refractivity contribution in [2.45, 2.75) is 39.0 Å². The van der Waals surface area contributed by atoms with Crippen LogP contribution in [0.5, 0.6) is 0 Å². The fraction of sp³-hybridized carbons (Fsp3) is 0.778. The summed E-state index contributed by atoms with van der Waals surface area (Å²) < 4.78 is 5.07. The number of halogens is 1. The molecule has 0 atom stereocenters. The summed E-state index contributed by atoms with van der Waals surface area (Å²) >= 11 is 5.56. The molecule has 0 aliphatic heterocycles. The largest absolute Gasteiger partial charge is 0.339 e. The van der Waals surface area contributed by atoms with Crippen molar-refractivity contribution < 1.29 is 4.52 Å². The van der Waals surface area contributed by atoms with Gasteiger partial charge in [-0.15, -0.1) is 11.6 Å². The monoisotopic (exact) mass is 202 g/mol. The van der Waals surface area contributed by atoms with Crippen LogP contribution in [-0.2, 0) is 11.8 Å². The van der Waals surface area contributed by atoms with Crippen molar-refractivity contribution in [3.63, 3.8) is 0 Å². The molecule has 1 heterocycles. The molecule has 1 aromatic heterocycles. The Morgan fingerprint density at radius 2 is 2.08 bits per heavy atom. The van der Waals surface area contributed by atoms with Crippen LogP contribution in [0.25, 0.3) is 0 Å². The van der Waals surface area contributed by atoms with Gasteiger partial charge in [0.05, 0.1) is 0 Å². The van der Waals surface area contributed by atoms with E-state index in [0.717, 1.165) is 18.7 Å². The predicted molar refractivity (Wildman–Crippen MR) is 52.0 cm³/mol. The molecule has 0 amide bonds. The van der Waals surface area contributed by atoms with Gasteiger partial charge in [-0.25, -0.2) is 0 Å². The van der Waals surface area contributed by atoms with Crippen LogP contribution in [0.1, 0.15) is 38.9 Å². The molecule has 13 heavy (non-hydrogen) atoms. The van der Waals surface area contributed by atoms with E-state index in [1.807, 2.05) is 0 Å². The quantitative estimate of drug-likeness (QED) is 0.708. The number of rotatable bonds is 3. The molecule has 3 nitrogen and oxygen atoms in total. The number of alkyl halides is 1. The van der Waals surface area contributed by atoms with E-state index in [1.54, 1.807) is 0 Å². The van der Waals surface area contributed by atoms with Gasteiger partial charge in [-0.05, 0) is 6.42 Å². The van der Waals surface area contributed by atoms with Crippen molar-refractivity contribution in [1.82, 2.24) is 10.1 Å². The molecule has 0 aliphatic carbocycles. The average molecular weight is 203 g/mol. The Labute approximate surface area is 83.5 Å². The fourth-order valence-electron chi connectivity index (χ4n) is 0.879. The summed E-state index contributed by atoms with van der Waals surface area (Å²) in [5.74, 6) is 2.08. The first-order valence-electron chi connectivity index (χ1n) is 4.43. The summed E-state index contributed by atoms with van der Waals surface area (Å²) in [6.45, 7) is 6.18. The maximum absolute atomic E-state index is 5.56. The van der Waals surface area contributed by atoms with Gasteiger partial charge in [-0.2, -0.15) is 4.98 Å². The Balaban J connectivity index is 2.64. The highest BCUT2D eigenvalue weighted by Crippen LogP contribution is 2.18. The van der Waals surface area contributed by atoms with Gasteiger partial charge in [0.2, 0.25) is 5.89 Å². The van der Waals surface area contributed by atoms with Crippen LogP contribution in [0.3, 0.4) is 0 Å². The zero-order valence-corrected chi connectivity index (χ0v) is 9.06. The zero-order valence-electron chi connectivity index (χ0n) is 8.30. The SMILES string of the molecule is CC(C)(C)c1noc(CCCCl)n1. The van der Waals surface area contributed by atoms with E-state index in [2.05, 4.69) is 30.9 Å². The van der Waals surface area contributed by atoms with Crippen molar-refractivity contribution in [3.8, 4) is 0 Å². The summed E-state index contributed by atoms with van der Waals surface area (Å²) in [5.41, 5.74) is -0.0390. The van der Waals surface area contributed by atoms with Crippen molar-refractivity contribution >= 4 is 11.6 Å². The van der Waals surface area contributed by atoms with E-state index in [4.69, 9.17) is 16.1 Å². The molecule has 0 radical (unpaired) electrons. The summed E-state index contributed by atoms with van der Waals surface area (Å²) in [5, 5.41) is 3.91. The van der Waals surface area contributed by atoms with E-state index in [0.29, 0.717) is 11.8 Å². The van der Waals surface area contributed by atoms with Crippen LogP contribution in [-0.4, -0.2) is 16.0 Å². The Bertz CT molecular complexity index is 265. The summed E-state index contributed by atoms with van der Waals surface area (Å²) in [7, 11) is 0. The normalized spacial score (nSPS) is 12.0. The van der Waals surface area contributed by atoms with Crippen LogP contribution >= 0.6 is 11.6 Å². The lowest BCUT2D eigenvalue weighted by atomic mass is 9.96. The van der Waals surface area contributed by atoms with Crippen molar-refractivity contribution in [2.75, 3.05) is 5.88 Å². The summed E-state index contributed by atoms with van der Waals surface area (Å²) in [6.07, 6.45) is 1.65. The second-order valence-electron chi connectivity index (χ2n) is 4.05. The van der Waals surface area contributed by atoms with Crippen molar-refractivity contribution in [1.29, 1.82) is 0 Å². The highest BCUT2D eigenvalue weighted by atomic mass is 35.5. The average Bonchev–Trinajstić information content (AvgIpc) is 2.47. The molecule has 0 aliphatic rings. The Morgan fingerprint density at radius 3 is 2.54 bits per heavy atom. The van der Waals surface area contributed by atoms with E-state index >= 15 is 0 Å². The van der Waals surface area contributed by atoms with Gasteiger partial charge in [0, 0.05) is 17.7 Å². The number of nitrogens with zero attached hydrogens (tertiary/aromatic N) is 2. The third-order valence-corrected chi connectivity index (χ3v) is 1.93. The van der Waals surface area contributed by atoms with Gasteiger partial charge < -0.3 is 4.52 Å². The van der Waals surface area contributed by atoms with Gasteiger partial charge in [-0.1, -0.05) is 25.9 Å². The predicted octanol–water partition coefficient (Wildman–Crippen LogP) is 2.54. The highest BCUT2D eigenvalue weighted by molar-refractivity contribution is 6.17. The molecule has 0 bridgehead atoms.